The molecule has 2 aromatic carbocycles. The minimum absolute atomic E-state index is 0.183. The van der Waals surface area contributed by atoms with E-state index in [1.165, 1.54) is 31.2 Å². The monoisotopic (exact) mass is 415 g/mol. The Balaban J connectivity index is 1.38. The third-order valence-corrected chi connectivity index (χ3v) is 7.34. The Kier molecular flexibility index (Phi) is 5.82. The molecule has 1 atom stereocenters. The largest absolute Gasteiger partial charge is 0.340 e. The maximum atomic E-state index is 13.5. The van der Waals surface area contributed by atoms with E-state index in [0.717, 1.165) is 55.1 Å². The first-order valence-electron chi connectivity index (χ1n) is 11.9. The number of hydrogen-bond donors (Lipinski definition) is 0. The summed E-state index contributed by atoms with van der Waals surface area (Å²) in [4.78, 5) is 18.1. The fourth-order valence-corrected chi connectivity index (χ4v) is 5.64. The standard InChI is InChI=1S/C27H33N3O/c1-2-25(21-9-4-3-5-10-21)30-16-15-23-24(13-8-14-26(23)30)27(31)29-19-17-28(18-20-29)22-11-6-7-12-22/h3-5,8-10,13-16,22,25H,2,6-7,11-12,17-20H2,1H3. The van der Waals surface area contributed by atoms with Gasteiger partial charge in [-0.2, -0.15) is 0 Å². The summed E-state index contributed by atoms with van der Waals surface area (Å²) in [6.45, 7) is 5.93. The van der Waals surface area contributed by atoms with Crippen LogP contribution in [0.3, 0.4) is 0 Å². The molecule has 4 nitrogen and oxygen atoms in total. The Morgan fingerprint density at radius 3 is 2.39 bits per heavy atom. The molecule has 3 aromatic rings. The minimum atomic E-state index is 0.183. The van der Waals surface area contributed by atoms with Crippen molar-refractivity contribution in [3.05, 3.63) is 71.9 Å². The summed E-state index contributed by atoms with van der Waals surface area (Å²) in [7, 11) is 0. The molecule has 2 fully saturated rings. The summed E-state index contributed by atoms with van der Waals surface area (Å²) in [5, 5.41) is 1.07. The van der Waals surface area contributed by atoms with E-state index in [0.29, 0.717) is 0 Å². The molecule has 1 amide bonds. The SMILES string of the molecule is CCC(c1ccccc1)n1ccc2c(C(=O)N3CCN(C4CCCC4)CC3)cccc21. The molecule has 0 bridgehead atoms. The van der Waals surface area contributed by atoms with Crippen molar-refractivity contribution in [3.8, 4) is 0 Å². The van der Waals surface area contributed by atoms with E-state index in [1.807, 2.05) is 12.1 Å². The Labute approximate surface area is 185 Å². The van der Waals surface area contributed by atoms with Crippen molar-refractivity contribution >= 4 is 16.8 Å². The number of nitrogens with zero attached hydrogens (tertiary/aromatic N) is 3. The van der Waals surface area contributed by atoms with Crippen LogP contribution in [-0.4, -0.2) is 52.5 Å². The second-order valence-electron chi connectivity index (χ2n) is 9.06. The number of rotatable bonds is 5. The van der Waals surface area contributed by atoms with Gasteiger partial charge < -0.3 is 9.47 Å². The van der Waals surface area contributed by atoms with E-state index in [9.17, 15) is 4.79 Å². The molecule has 162 valence electrons. The lowest BCUT2D eigenvalue weighted by Crippen LogP contribution is -2.51. The van der Waals surface area contributed by atoms with E-state index in [1.54, 1.807) is 0 Å². The van der Waals surface area contributed by atoms with Gasteiger partial charge in [0.05, 0.1) is 6.04 Å². The molecular formula is C27H33N3O. The molecule has 31 heavy (non-hydrogen) atoms. The van der Waals surface area contributed by atoms with Crippen LogP contribution >= 0.6 is 0 Å². The Morgan fingerprint density at radius 2 is 1.68 bits per heavy atom. The maximum Gasteiger partial charge on any atom is 0.254 e. The lowest BCUT2D eigenvalue weighted by molar-refractivity contribution is 0.0575. The number of piperazine rings is 1. The number of hydrogen-bond acceptors (Lipinski definition) is 2. The maximum absolute atomic E-state index is 13.5. The highest BCUT2D eigenvalue weighted by molar-refractivity contribution is 6.06. The highest BCUT2D eigenvalue weighted by atomic mass is 16.2. The van der Waals surface area contributed by atoms with Crippen molar-refractivity contribution in [1.29, 1.82) is 0 Å². The van der Waals surface area contributed by atoms with Gasteiger partial charge in [0, 0.05) is 54.9 Å². The molecule has 1 saturated heterocycles. The molecule has 0 spiro atoms. The fraction of sp³-hybridized carbons (Fsp3) is 0.444. The number of carbonyl (C=O) groups excluding carboxylic acids is 1. The van der Waals surface area contributed by atoms with Gasteiger partial charge in [0.2, 0.25) is 0 Å². The zero-order valence-electron chi connectivity index (χ0n) is 18.5. The molecule has 2 aliphatic rings. The van der Waals surface area contributed by atoms with Gasteiger partial charge in [0.25, 0.3) is 5.91 Å². The van der Waals surface area contributed by atoms with Crippen molar-refractivity contribution < 1.29 is 4.79 Å². The topological polar surface area (TPSA) is 28.5 Å². The number of carbonyl (C=O) groups is 1. The van der Waals surface area contributed by atoms with E-state index in [2.05, 4.69) is 70.0 Å². The van der Waals surface area contributed by atoms with E-state index >= 15 is 0 Å². The number of amides is 1. The van der Waals surface area contributed by atoms with Crippen LogP contribution < -0.4 is 0 Å². The van der Waals surface area contributed by atoms with Crippen molar-refractivity contribution in [2.24, 2.45) is 0 Å². The van der Waals surface area contributed by atoms with Crippen LogP contribution in [0.1, 0.15) is 61.0 Å². The number of aromatic nitrogens is 1. The Bertz CT molecular complexity index is 1030. The van der Waals surface area contributed by atoms with Gasteiger partial charge >= 0.3 is 0 Å². The lowest BCUT2D eigenvalue weighted by Gasteiger charge is -2.38. The third-order valence-electron chi connectivity index (χ3n) is 7.34. The first-order chi connectivity index (χ1) is 15.3. The molecular weight excluding hydrogens is 382 g/mol. The first kappa shape index (κ1) is 20.3. The van der Waals surface area contributed by atoms with Gasteiger partial charge in [-0.15, -0.1) is 0 Å². The van der Waals surface area contributed by atoms with Gasteiger partial charge in [-0.1, -0.05) is 56.2 Å². The fourth-order valence-electron chi connectivity index (χ4n) is 5.64. The molecule has 1 aromatic heterocycles. The van der Waals surface area contributed by atoms with Crippen molar-refractivity contribution in [1.82, 2.24) is 14.4 Å². The van der Waals surface area contributed by atoms with Crippen LogP contribution in [-0.2, 0) is 0 Å². The van der Waals surface area contributed by atoms with Crippen LogP contribution in [0.25, 0.3) is 10.9 Å². The minimum Gasteiger partial charge on any atom is -0.340 e. The molecule has 1 aliphatic carbocycles. The van der Waals surface area contributed by atoms with E-state index < -0.39 is 0 Å². The van der Waals surface area contributed by atoms with Crippen molar-refractivity contribution in [3.63, 3.8) is 0 Å². The van der Waals surface area contributed by atoms with E-state index in [-0.39, 0.29) is 11.9 Å². The normalized spacial score (nSPS) is 19.2. The smallest absolute Gasteiger partial charge is 0.254 e. The van der Waals surface area contributed by atoms with Gasteiger partial charge in [0.15, 0.2) is 0 Å². The molecule has 1 aliphatic heterocycles. The first-order valence-corrected chi connectivity index (χ1v) is 11.9. The predicted molar refractivity (Wildman–Crippen MR) is 127 cm³/mol. The third kappa shape index (κ3) is 3.89. The van der Waals surface area contributed by atoms with Crippen LogP contribution in [0.15, 0.2) is 60.8 Å². The Hall–Kier alpha value is -2.59. The molecule has 2 heterocycles. The average molecular weight is 416 g/mol. The van der Waals surface area contributed by atoms with Crippen molar-refractivity contribution in [2.45, 2.75) is 51.1 Å². The predicted octanol–water partition coefficient (Wildman–Crippen LogP) is 5.34. The van der Waals surface area contributed by atoms with Crippen LogP contribution in [0.5, 0.6) is 0 Å². The van der Waals surface area contributed by atoms with Crippen LogP contribution in [0.2, 0.25) is 0 Å². The molecule has 4 heteroatoms. The number of fused-ring (bicyclic) bond motifs is 1. The van der Waals surface area contributed by atoms with Gasteiger partial charge in [-0.05, 0) is 43.0 Å². The molecule has 5 rings (SSSR count). The zero-order chi connectivity index (χ0) is 21.2. The molecule has 0 N–H and O–H groups in total. The quantitative estimate of drug-likeness (QED) is 0.563. The lowest BCUT2D eigenvalue weighted by atomic mass is 10.0. The van der Waals surface area contributed by atoms with Crippen LogP contribution in [0.4, 0.5) is 0 Å². The molecule has 1 saturated carbocycles. The molecule has 0 radical (unpaired) electrons. The highest BCUT2D eigenvalue weighted by Gasteiger charge is 2.29. The molecule has 1 unspecified atom stereocenters. The summed E-state index contributed by atoms with van der Waals surface area (Å²) in [6, 6.07) is 20.0. The summed E-state index contributed by atoms with van der Waals surface area (Å²) < 4.78 is 2.33. The number of benzene rings is 2. The summed E-state index contributed by atoms with van der Waals surface area (Å²) in [5.41, 5.74) is 3.29. The van der Waals surface area contributed by atoms with Gasteiger partial charge in [0.1, 0.15) is 0 Å². The van der Waals surface area contributed by atoms with Gasteiger partial charge in [-0.25, -0.2) is 0 Å². The average Bonchev–Trinajstić information content (AvgIpc) is 3.51. The van der Waals surface area contributed by atoms with Gasteiger partial charge in [-0.3, -0.25) is 9.69 Å². The zero-order valence-corrected chi connectivity index (χ0v) is 18.5. The summed E-state index contributed by atoms with van der Waals surface area (Å²) in [6.07, 6.45) is 8.56. The van der Waals surface area contributed by atoms with Crippen molar-refractivity contribution in [2.75, 3.05) is 26.2 Å². The Morgan fingerprint density at radius 1 is 0.935 bits per heavy atom. The highest BCUT2D eigenvalue weighted by Crippen LogP contribution is 2.30. The van der Waals surface area contributed by atoms with Crippen LogP contribution in [0, 0.1) is 0 Å². The summed E-state index contributed by atoms with van der Waals surface area (Å²) >= 11 is 0. The second-order valence-corrected chi connectivity index (χ2v) is 9.06. The summed E-state index contributed by atoms with van der Waals surface area (Å²) in [5.74, 6) is 0.183. The van der Waals surface area contributed by atoms with E-state index in [4.69, 9.17) is 0 Å². The second kappa shape index (κ2) is 8.88.